The first-order valence-electron chi connectivity index (χ1n) is 5.16. The SMILES string of the molecule is Clc1nccnc1OCC1CCNCC1. The summed E-state index contributed by atoms with van der Waals surface area (Å²) in [5.41, 5.74) is 0. The number of piperidine rings is 1. The van der Waals surface area contributed by atoms with Crippen molar-refractivity contribution < 1.29 is 4.74 Å². The molecule has 5 heteroatoms. The average Bonchev–Trinajstić information content (AvgIpc) is 2.29. The van der Waals surface area contributed by atoms with Crippen LogP contribution < -0.4 is 10.1 Å². The molecule has 0 radical (unpaired) electrons. The molecule has 1 aromatic rings. The lowest BCUT2D eigenvalue weighted by Crippen LogP contribution is -2.30. The van der Waals surface area contributed by atoms with E-state index in [0.29, 0.717) is 23.6 Å². The molecule has 15 heavy (non-hydrogen) atoms. The molecule has 0 atom stereocenters. The Bertz CT molecular complexity index is 315. The Morgan fingerprint density at radius 1 is 1.33 bits per heavy atom. The standard InChI is InChI=1S/C10H14ClN3O/c11-9-10(14-6-5-13-9)15-7-8-1-3-12-4-2-8/h5-6,8,12H,1-4,7H2. The second-order valence-corrected chi connectivity index (χ2v) is 4.01. The maximum absolute atomic E-state index is 5.83. The maximum Gasteiger partial charge on any atom is 0.252 e. The predicted octanol–water partition coefficient (Wildman–Crippen LogP) is 1.51. The zero-order chi connectivity index (χ0) is 10.5. The fourth-order valence-corrected chi connectivity index (χ4v) is 1.81. The molecule has 0 amide bonds. The number of nitrogens with one attached hydrogen (secondary N) is 1. The van der Waals surface area contributed by atoms with Crippen LogP contribution in [0.3, 0.4) is 0 Å². The number of aromatic nitrogens is 2. The molecule has 1 aliphatic rings. The fraction of sp³-hybridized carbons (Fsp3) is 0.600. The fourth-order valence-electron chi connectivity index (χ4n) is 1.65. The summed E-state index contributed by atoms with van der Waals surface area (Å²) in [6.45, 7) is 2.82. The largest absolute Gasteiger partial charge is 0.475 e. The van der Waals surface area contributed by atoms with Gasteiger partial charge in [0.1, 0.15) is 0 Å². The summed E-state index contributed by atoms with van der Waals surface area (Å²) in [6.07, 6.45) is 5.44. The smallest absolute Gasteiger partial charge is 0.252 e. The van der Waals surface area contributed by atoms with Crippen LogP contribution >= 0.6 is 11.6 Å². The van der Waals surface area contributed by atoms with Gasteiger partial charge >= 0.3 is 0 Å². The highest BCUT2D eigenvalue weighted by Crippen LogP contribution is 2.19. The Kier molecular flexibility index (Phi) is 3.75. The minimum Gasteiger partial charge on any atom is -0.475 e. The zero-order valence-corrected chi connectivity index (χ0v) is 9.20. The minimum absolute atomic E-state index is 0.339. The molecular formula is C10H14ClN3O. The third-order valence-electron chi connectivity index (χ3n) is 2.54. The Morgan fingerprint density at radius 2 is 2.07 bits per heavy atom. The third kappa shape index (κ3) is 3.04. The highest BCUT2D eigenvalue weighted by atomic mass is 35.5. The van der Waals surface area contributed by atoms with Crippen molar-refractivity contribution in [3.8, 4) is 5.88 Å². The van der Waals surface area contributed by atoms with Crippen LogP contribution in [-0.4, -0.2) is 29.7 Å². The van der Waals surface area contributed by atoms with Crippen molar-refractivity contribution in [1.82, 2.24) is 15.3 Å². The van der Waals surface area contributed by atoms with Crippen LogP contribution in [0.1, 0.15) is 12.8 Å². The van der Waals surface area contributed by atoms with E-state index in [0.717, 1.165) is 25.9 Å². The molecule has 0 aromatic carbocycles. The molecule has 0 saturated carbocycles. The van der Waals surface area contributed by atoms with E-state index in [2.05, 4.69) is 15.3 Å². The number of hydrogen-bond acceptors (Lipinski definition) is 4. The van der Waals surface area contributed by atoms with Crippen molar-refractivity contribution in [2.45, 2.75) is 12.8 Å². The van der Waals surface area contributed by atoms with Crippen LogP contribution in [0.25, 0.3) is 0 Å². The van der Waals surface area contributed by atoms with Crippen molar-refractivity contribution in [2.75, 3.05) is 19.7 Å². The van der Waals surface area contributed by atoms with Gasteiger partial charge < -0.3 is 10.1 Å². The predicted molar refractivity (Wildman–Crippen MR) is 58.1 cm³/mol. The molecule has 1 aromatic heterocycles. The quantitative estimate of drug-likeness (QED) is 0.851. The van der Waals surface area contributed by atoms with Gasteiger partial charge in [0.15, 0.2) is 5.15 Å². The normalized spacial score (nSPS) is 17.7. The molecular weight excluding hydrogens is 214 g/mol. The summed E-state index contributed by atoms with van der Waals surface area (Å²) >= 11 is 5.83. The van der Waals surface area contributed by atoms with Crippen LogP contribution in [0.2, 0.25) is 5.15 Å². The first kappa shape index (κ1) is 10.6. The van der Waals surface area contributed by atoms with Gasteiger partial charge in [-0.25, -0.2) is 9.97 Å². The van der Waals surface area contributed by atoms with E-state index in [1.54, 1.807) is 12.4 Å². The first-order chi connectivity index (χ1) is 7.36. The Hall–Kier alpha value is -0.870. The van der Waals surface area contributed by atoms with E-state index in [9.17, 15) is 0 Å². The van der Waals surface area contributed by atoms with E-state index in [-0.39, 0.29) is 0 Å². The molecule has 0 aliphatic carbocycles. The monoisotopic (exact) mass is 227 g/mol. The molecule has 0 unspecified atom stereocenters. The number of rotatable bonds is 3. The highest BCUT2D eigenvalue weighted by Gasteiger charge is 2.14. The van der Waals surface area contributed by atoms with Gasteiger partial charge in [-0.05, 0) is 31.8 Å². The number of halogens is 1. The topological polar surface area (TPSA) is 47.0 Å². The van der Waals surface area contributed by atoms with Gasteiger partial charge in [-0.1, -0.05) is 11.6 Å². The minimum atomic E-state index is 0.339. The van der Waals surface area contributed by atoms with E-state index in [1.165, 1.54) is 0 Å². The lowest BCUT2D eigenvalue weighted by molar-refractivity contribution is 0.208. The highest BCUT2D eigenvalue weighted by molar-refractivity contribution is 6.30. The Balaban J connectivity index is 1.84. The molecule has 0 bridgehead atoms. The lowest BCUT2D eigenvalue weighted by atomic mass is 9.99. The van der Waals surface area contributed by atoms with Crippen molar-refractivity contribution in [3.05, 3.63) is 17.5 Å². The van der Waals surface area contributed by atoms with Crippen LogP contribution in [0.5, 0.6) is 5.88 Å². The van der Waals surface area contributed by atoms with Crippen LogP contribution in [0.4, 0.5) is 0 Å². The average molecular weight is 228 g/mol. The summed E-state index contributed by atoms with van der Waals surface area (Å²) in [5, 5.41) is 3.65. The molecule has 1 N–H and O–H groups in total. The number of ether oxygens (including phenoxy) is 1. The molecule has 1 aliphatic heterocycles. The van der Waals surface area contributed by atoms with Crippen LogP contribution in [0, 0.1) is 5.92 Å². The lowest BCUT2D eigenvalue weighted by Gasteiger charge is -2.22. The summed E-state index contributed by atoms with van der Waals surface area (Å²) in [7, 11) is 0. The van der Waals surface area contributed by atoms with Crippen molar-refractivity contribution in [2.24, 2.45) is 5.92 Å². The van der Waals surface area contributed by atoms with Gasteiger partial charge in [-0.15, -0.1) is 0 Å². The van der Waals surface area contributed by atoms with Gasteiger partial charge in [-0.2, -0.15) is 0 Å². The zero-order valence-electron chi connectivity index (χ0n) is 8.45. The Labute approximate surface area is 94.0 Å². The van der Waals surface area contributed by atoms with Crippen LogP contribution in [-0.2, 0) is 0 Å². The number of nitrogens with zero attached hydrogens (tertiary/aromatic N) is 2. The van der Waals surface area contributed by atoms with Gasteiger partial charge in [-0.3, -0.25) is 0 Å². The second-order valence-electron chi connectivity index (χ2n) is 3.66. The van der Waals surface area contributed by atoms with E-state index < -0.39 is 0 Å². The Morgan fingerprint density at radius 3 is 2.80 bits per heavy atom. The third-order valence-corrected chi connectivity index (χ3v) is 2.80. The maximum atomic E-state index is 5.83. The molecule has 1 fully saturated rings. The van der Waals surface area contributed by atoms with Gasteiger partial charge in [0.25, 0.3) is 5.88 Å². The van der Waals surface area contributed by atoms with Crippen LogP contribution in [0.15, 0.2) is 12.4 Å². The molecule has 4 nitrogen and oxygen atoms in total. The van der Waals surface area contributed by atoms with Crippen molar-refractivity contribution in [1.29, 1.82) is 0 Å². The van der Waals surface area contributed by atoms with Crippen molar-refractivity contribution in [3.63, 3.8) is 0 Å². The summed E-state index contributed by atoms with van der Waals surface area (Å²) in [5.74, 6) is 1.04. The summed E-state index contributed by atoms with van der Waals surface area (Å²) < 4.78 is 5.54. The van der Waals surface area contributed by atoms with E-state index >= 15 is 0 Å². The molecule has 0 spiro atoms. The van der Waals surface area contributed by atoms with E-state index in [1.807, 2.05) is 0 Å². The summed E-state index contributed by atoms with van der Waals surface area (Å²) in [6, 6.07) is 0. The van der Waals surface area contributed by atoms with Gasteiger partial charge in [0.05, 0.1) is 6.61 Å². The molecule has 2 heterocycles. The second kappa shape index (κ2) is 5.28. The molecule has 1 saturated heterocycles. The first-order valence-corrected chi connectivity index (χ1v) is 5.54. The molecule has 82 valence electrons. The molecule has 2 rings (SSSR count). The van der Waals surface area contributed by atoms with E-state index in [4.69, 9.17) is 16.3 Å². The summed E-state index contributed by atoms with van der Waals surface area (Å²) in [4.78, 5) is 7.94. The van der Waals surface area contributed by atoms with Gasteiger partial charge in [0, 0.05) is 12.4 Å². The van der Waals surface area contributed by atoms with Crippen molar-refractivity contribution >= 4 is 11.6 Å². The number of hydrogen-bond donors (Lipinski definition) is 1. The van der Waals surface area contributed by atoms with Gasteiger partial charge in [0.2, 0.25) is 0 Å².